The van der Waals surface area contributed by atoms with E-state index >= 15 is 0 Å². The van der Waals surface area contributed by atoms with Crippen molar-refractivity contribution in [2.45, 2.75) is 32.2 Å². The normalized spacial score (nSPS) is 14.5. The number of rotatable bonds is 10. The number of nitrogens with one attached hydrogen (secondary N) is 1. The second-order valence-corrected chi connectivity index (χ2v) is 6.17. The smallest absolute Gasteiger partial charge is 0.165 e. The van der Waals surface area contributed by atoms with Crippen molar-refractivity contribution in [3.63, 3.8) is 0 Å². The molecule has 1 aromatic carbocycles. The van der Waals surface area contributed by atoms with Gasteiger partial charge in [-0.1, -0.05) is 18.0 Å². The molecular formula is C15H23FN2OS. The fourth-order valence-corrected chi connectivity index (χ4v) is 2.55. The highest BCUT2D eigenvalue weighted by molar-refractivity contribution is 7.97. The molecule has 1 aliphatic carbocycles. The first-order valence-corrected chi connectivity index (χ1v) is 8.24. The van der Waals surface area contributed by atoms with E-state index in [1.54, 1.807) is 24.1 Å². The Hall–Kier alpha value is -0.780. The summed E-state index contributed by atoms with van der Waals surface area (Å²) in [4.78, 5) is 0. The quantitative estimate of drug-likeness (QED) is 0.515. The summed E-state index contributed by atoms with van der Waals surface area (Å²) in [6.07, 6.45) is 4.60. The average Bonchev–Trinajstić information content (AvgIpc) is 3.27. The van der Waals surface area contributed by atoms with E-state index in [4.69, 9.17) is 10.5 Å². The van der Waals surface area contributed by atoms with Crippen molar-refractivity contribution in [1.82, 2.24) is 4.72 Å². The fourth-order valence-electron chi connectivity index (χ4n) is 1.79. The molecule has 1 aromatic rings. The average molecular weight is 298 g/mol. The summed E-state index contributed by atoms with van der Waals surface area (Å²) in [5, 5.41) is 0. The fraction of sp³-hybridized carbons (Fsp3) is 0.600. The molecule has 2 rings (SSSR count). The third-order valence-corrected chi connectivity index (χ3v) is 4.09. The number of unbranched alkanes of at least 4 members (excludes halogenated alkanes) is 1. The minimum atomic E-state index is -0.273. The molecule has 3 N–H and O–H groups in total. The molecule has 1 fully saturated rings. The first-order chi connectivity index (χ1) is 9.79. The van der Waals surface area contributed by atoms with Crippen LogP contribution in [-0.4, -0.2) is 18.9 Å². The second-order valence-electron chi connectivity index (χ2n) is 5.18. The van der Waals surface area contributed by atoms with E-state index in [-0.39, 0.29) is 5.82 Å². The highest BCUT2D eigenvalue weighted by Crippen LogP contribution is 2.30. The van der Waals surface area contributed by atoms with Crippen LogP contribution < -0.4 is 15.2 Å². The summed E-state index contributed by atoms with van der Waals surface area (Å²) >= 11 is 1.69. The Morgan fingerprint density at radius 2 is 2.20 bits per heavy atom. The largest absolute Gasteiger partial charge is 0.490 e. The van der Waals surface area contributed by atoms with Gasteiger partial charge in [0.1, 0.15) is 0 Å². The van der Waals surface area contributed by atoms with Crippen LogP contribution in [0.25, 0.3) is 0 Å². The molecule has 0 saturated heterocycles. The van der Waals surface area contributed by atoms with Crippen molar-refractivity contribution in [2.24, 2.45) is 11.7 Å². The van der Waals surface area contributed by atoms with Crippen LogP contribution in [0.2, 0.25) is 0 Å². The van der Waals surface area contributed by atoms with Crippen molar-refractivity contribution < 1.29 is 9.13 Å². The van der Waals surface area contributed by atoms with Gasteiger partial charge in [0.25, 0.3) is 0 Å². The zero-order chi connectivity index (χ0) is 14.2. The summed E-state index contributed by atoms with van der Waals surface area (Å²) in [5.41, 5.74) is 6.49. The number of ether oxygens (including phenoxy) is 1. The lowest BCUT2D eigenvalue weighted by Crippen LogP contribution is -2.07. The molecule has 0 atom stereocenters. The summed E-state index contributed by atoms with van der Waals surface area (Å²) < 4.78 is 22.4. The molecule has 3 nitrogen and oxygen atoms in total. The number of hydrogen-bond acceptors (Lipinski definition) is 4. The Morgan fingerprint density at radius 3 is 2.95 bits per heavy atom. The van der Waals surface area contributed by atoms with Crippen LogP contribution >= 0.6 is 11.9 Å². The maximum absolute atomic E-state index is 13.6. The van der Waals surface area contributed by atoms with E-state index in [9.17, 15) is 4.39 Å². The summed E-state index contributed by atoms with van der Waals surface area (Å²) in [6, 6.07) is 5.08. The van der Waals surface area contributed by atoms with Gasteiger partial charge < -0.3 is 10.5 Å². The SMILES string of the molecule is NCCCCSNCc1ccc(F)c(OCC2CC2)c1. The molecule has 0 amide bonds. The standard InChI is InChI=1S/C15H23FN2OS/c16-14-6-5-13(10-18-20-8-2-1-7-17)9-15(14)19-11-12-3-4-12/h5-6,9,12,18H,1-4,7-8,10-11,17H2. The van der Waals surface area contributed by atoms with Crippen LogP contribution in [0.4, 0.5) is 4.39 Å². The first kappa shape index (κ1) is 15.6. The maximum Gasteiger partial charge on any atom is 0.165 e. The molecule has 20 heavy (non-hydrogen) atoms. The van der Waals surface area contributed by atoms with Gasteiger partial charge in [-0.25, -0.2) is 4.39 Å². The van der Waals surface area contributed by atoms with Crippen molar-refractivity contribution in [3.05, 3.63) is 29.6 Å². The zero-order valence-corrected chi connectivity index (χ0v) is 12.6. The van der Waals surface area contributed by atoms with E-state index in [2.05, 4.69) is 4.72 Å². The molecule has 0 spiro atoms. The van der Waals surface area contributed by atoms with E-state index < -0.39 is 0 Å². The third-order valence-electron chi connectivity index (χ3n) is 3.25. The Morgan fingerprint density at radius 1 is 1.35 bits per heavy atom. The van der Waals surface area contributed by atoms with Crippen molar-refractivity contribution in [2.75, 3.05) is 18.9 Å². The topological polar surface area (TPSA) is 47.3 Å². The Labute approximate surface area is 124 Å². The predicted octanol–water partition coefficient (Wildman–Crippen LogP) is 3.09. The number of hydrogen-bond donors (Lipinski definition) is 2. The van der Waals surface area contributed by atoms with Crippen LogP contribution in [0.3, 0.4) is 0 Å². The molecule has 0 aromatic heterocycles. The highest BCUT2D eigenvalue weighted by Gasteiger charge is 2.22. The summed E-state index contributed by atoms with van der Waals surface area (Å²) in [5.74, 6) is 1.78. The molecule has 5 heteroatoms. The molecule has 0 heterocycles. The Bertz CT molecular complexity index is 413. The lowest BCUT2D eigenvalue weighted by atomic mass is 10.2. The summed E-state index contributed by atoms with van der Waals surface area (Å²) in [6.45, 7) is 2.11. The number of nitrogens with two attached hydrogens (primary N) is 1. The van der Waals surface area contributed by atoms with Crippen LogP contribution in [0.5, 0.6) is 5.75 Å². The van der Waals surface area contributed by atoms with Gasteiger partial charge in [0.15, 0.2) is 11.6 Å². The van der Waals surface area contributed by atoms with Gasteiger partial charge in [0.05, 0.1) is 6.61 Å². The zero-order valence-electron chi connectivity index (χ0n) is 11.7. The number of halogens is 1. The molecule has 0 bridgehead atoms. The van der Waals surface area contributed by atoms with Gasteiger partial charge in [0.2, 0.25) is 0 Å². The van der Waals surface area contributed by atoms with E-state index in [1.165, 1.54) is 18.9 Å². The molecule has 1 aliphatic rings. The summed E-state index contributed by atoms with van der Waals surface area (Å²) in [7, 11) is 0. The lowest BCUT2D eigenvalue weighted by Gasteiger charge is -2.09. The van der Waals surface area contributed by atoms with Crippen LogP contribution in [0.15, 0.2) is 18.2 Å². The van der Waals surface area contributed by atoms with Crippen molar-refractivity contribution in [1.29, 1.82) is 0 Å². The van der Waals surface area contributed by atoms with Gasteiger partial charge in [0, 0.05) is 12.3 Å². The number of benzene rings is 1. The monoisotopic (exact) mass is 298 g/mol. The van der Waals surface area contributed by atoms with E-state index in [0.717, 1.165) is 30.7 Å². The van der Waals surface area contributed by atoms with E-state index in [1.807, 2.05) is 0 Å². The first-order valence-electron chi connectivity index (χ1n) is 7.25. The third kappa shape index (κ3) is 5.69. The Balaban J connectivity index is 1.71. The van der Waals surface area contributed by atoms with Gasteiger partial charge in [-0.3, -0.25) is 4.72 Å². The van der Waals surface area contributed by atoms with Gasteiger partial charge in [-0.15, -0.1) is 0 Å². The minimum Gasteiger partial charge on any atom is -0.490 e. The Kier molecular flexibility index (Phi) is 6.63. The molecule has 0 radical (unpaired) electrons. The minimum absolute atomic E-state index is 0.273. The maximum atomic E-state index is 13.6. The van der Waals surface area contributed by atoms with Gasteiger partial charge >= 0.3 is 0 Å². The predicted molar refractivity (Wildman–Crippen MR) is 82.2 cm³/mol. The van der Waals surface area contributed by atoms with Crippen LogP contribution in [-0.2, 0) is 6.54 Å². The van der Waals surface area contributed by atoms with Crippen LogP contribution in [0.1, 0.15) is 31.2 Å². The van der Waals surface area contributed by atoms with E-state index in [0.29, 0.717) is 24.8 Å². The van der Waals surface area contributed by atoms with Gasteiger partial charge in [-0.2, -0.15) is 0 Å². The highest BCUT2D eigenvalue weighted by atomic mass is 32.2. The van der Waals surface area contributed by atoms with Crippen molar-refractivity contribution >= 4 is 11.9 Å². The molecule has 112 valence electrons. The molecule has 0 aliphatic heterocycles. The second kappa shape index (κ2) is 8.49. The van der Waals surface area contributed by atoms with Crippen molar-refractivity contribution in [3.8, 4) is 5.75 Å². The molecule has 1 saturated carbocycles. The van der Waals surface area contributed by atoms with Gasteiger partial charge in [-0.05, 0) is 55.8 Å². The molecule has 0 unspecified atom stereocenters. The molecular weight excluding hydrogens is 275 g/mol. The lowest BCUT2D eigenvalue weighted by molar-refractivity contribution is 0.285. The van der Waals surface area contributed by atoms with Crippen LogP contribution in [0, 0.1) is 11.7 Å².